The Morgan fingerprint density at radius 2 is 1.32 bits per heavy atom. The average molecular weight is 426 g/mol. The molecule has 1 fully saturated rings. The Labute approximate surface area is 183 Å². The van der Waals surface area contributed by atoms with E-state index in [9.17, 15) is 9.59 Å². The molecule has 6 heteroatoms. The molecule has 2 bridgehead atoms. The Balaban J connectivity index is 1.57. The molecule has 3 aromatic rings. The number of hydrogen-bond donors (Lipinski definition) is 0. The smallest absolute Gasteiger partial charge is 0.265 e. The van der Waals surface area contributed by atoms with Gasteiger partial charge in [0.25, 0.3) is 5.91 Å². The fourth-order valence-electron chi connectivity index (χ4n) is 6.48. The molecule has 3 aliphatic carbocycles. The maximum Gasteiger partial charge on any atom is 0.265 e. The summed E-state index contributed by atoms with van der Waals surface area (Å²) in [5.74, 6) is -1.12. The summed E-state index contributed by atoms with van der Waals surface area (Å²) in [6.45, 7) is 0.214. The van der Waals surface area contributed by atoms with Crippen LogP contribution in [-0.4, -0.2) is 23.9 Å². The van der Waals surface area contributed by atoms with Gasteiger partial charge in [0.1, 0.15) is 5.41 Å². The number of hydrogen-bond acceptors (Lipinski definition) is 4. The van der Waals surface area contributed by atoms with Gasteiger partial charge in [-0.25, -0.2) is 4.90 Å². The van der Waals surface area contributed by atoms with E-state index in [-0.39, 0.29) is 30.2 Å². The maximum atomic E-state index is 14.2. The molecule has 2 atom stereocenters. The average Bonchev–Trinajstić information content (AvgIpc) is 3.30. The van der Waals surface area contributed by atoms with Crippen LogP contribution in [0.15, 0.2) is 83.0 Å². The third-order valence-electron chi connectivity index (χ3n) is 7.57. The summed E-state index contributed by atoms with van der Waals surface area (Å²) in [7, 11) is 0. The molecule has 150 valence electrons. The normalized spacial score (nSPS) is 31.5. The first-order valence-corrected chi connectivity index (χ1v) is 10.7. The number of amides is 2. The molecule has 2 heterocycles. The lowest BCUT2D eigenvalue weighted by atomic mass is 9.45. The molecule has 0 saturated carbocycles. The van der Waals surface area contributed by atoms with Crippen LogP contribution in [0.3, 0.4) is 0 Å². The van der Waals surface area contributed by atoms with Gasteiger partial charge in [0.15, 0.2) is 5.54 Å². The lowest BCUT2D eigenvalue weighted by Gasteiger charge is -2.54. The van der Waals surface area contributed by atoms with E-state index in [1.54, 1.807) is 24.3 Å². The molecule has 2 amide bonds. The standard InChI is InChI=1S/C25H16ClN3O2/c26-14-9-11-15(12-10-14)29-22(30)24-13-27-28-25(24,23(29)31)21-18-7-3-1-5-16(18)20(24)17-6-2-4-8-19(17)21/h1-12,20-21H,13H2. The first-order valence-electron chi connectivity index (χ1n) is 10.3. The molecule has 2 aliphatic heterocycles. The minimum atomic E-state index is -1.25. The maximum absolute atomic E-state index is 14.2. The Morgan fingerprint density at radius 1 is 0.774 bits per heavy atom. The van der Waals surface area contributed by atoms with Crippen LogP contribution in [-0.2, 0) is 9.59 Å². The lowest BCUT2D eigenvalue weighted by Crippen LogP contribution is -2.61. The number of azo groups is 1. The van der Waals surface area contributed by atoms with E-state index >= 15 is 0 Å². The number of halogens is 1. The molecule has 0 N–H and O–H groups in total. The quantitative estimate of drug-likeness (QED) is 0.531. The van der Waals surface area contributed by atoms with Gasteiger partial charge in [-0.1, -0.05) is 60.1 Å². The highest BCUT2D eigenvalue weighted by atomic mass is 35.5. The van der Waals surface area contributed by atoms with Gasteiger partial charge in [0.2, 0.25) is 5.91 Å². The van der Waals surface area contributed by atoms with Gasteiger partial charge in [-0.2, -0.15) is 10.2 Å². The Bertz CT molecular complexity index is 1300. The highest BCUT2D eigenvalue weighted by molar-refractivity contribution is 6.31. The van der Waals surface area contributed by atoms with Gasteiger partial charge in [-0.15, -0.1) is 0 Å². The number of anilines is 1. The summed E-state index contributed by atoms with van der Waals surface area (Å²) < 4.78 is 0. The summed E-state index contributed by atoms with van der Waals surface area (Å²) in [5.41, 5.74) is 2.58. The van der Waals surface area contributed by atoms with Crippen molar-refractivity contribution in [2.45, 2.75) is 17.4 Å². The van der Waals surface area contributed by atoms with Crippen LogP contribution >= 0.6 is 11.6 Å². The van der Waals surface area contributed by atoms with Gasteiger partial charge in [-0.3, -0.25) is 9.59 Å². The zero-order valence-electron chi connectivity index (χ0n) is 16.3. The second-order valence-corrected chi connectivity index (χ2v) is 9.12. The molecule has 2 unspecified atom stereocenters. The predicted octanol–water partition coefficient (Wildman–Crippen LogP) is 4.70. The predicted molar refractivity (Wildman–Crippen MR) is 115 cm³/mol. The van der Waals surface area contributed by atoms with E-state index in [0.717, 1.165) is 22.3 Å². The molecule has 5 nitrogen and oxygen atoms in total. The first kappa shape index (κ1) is 17.4. The summed E-state index contributed by atoms with van der Waals surface area (Å²) in [5, 5.41) is 9.57. The van der Waals surface area contributed by atoms with Crippen molar-refractivity contribution < 1.29 is 9.59 Å². The van der Waals surface area contributed by atoms with Crippen molar-refractivity contribution in [3.63, 3.8) is 0 Å². The second-order valence-electron chi connectivity index (χ2n) is 8.68. The van der Waals surface area contributed by atoms with Crippen LogP contribution in [0.5, 0.6) is 0 Å². The zero-order chi connectivity index (χ0) is 21.0. The van der Waals surface area contributed by atoms with Crippen molar-refractivity contribution >= 4 is 29.1 Å². The molecule has 3 aromatic carbocycles. The second kappa shape index (κ2) is 5.48. The molecule has 1 saturated heterocycles. The van der Waals surface area contributed by atoms with Crippen LogP contribution in [0.2, 0.25) is 5.02 Å². The number of rotatable bonds is 1. The minimum absolute atomic E-state index is 0.214. The molecule has 0 spiro atoms. The van der Waals surface area contributed by atoms with Gasteiger partial charge >= 0.3 is 0 Å². The van der Waals surface area contributed by atoms with Crippen molar-refractivity contribution in [3.8, 4) is 0 Å². The third kappa shape index (κ3) is 1.70. The van der Waals surface area contributed by atoms with Gasteiger partial charge in [0.05, 0.1) is 12.2 Å². The van der Waals surface area contributed by atoms with Crippen LogP contribution < -0.4 is 4.90 Å². The summed E-state index contributed by atoms with van der Waals surface area (Å²) in [6.07, 6.45) is 0. The molecular formula is C25H16ClN3O2. The van der Waals surface area contributed by atoms with E-state index in [1.165, 1.54) is 4.90 Å². The van der Waals surface area contributed by atoms with Crippen molar-refractivity contribution in [2.75, 3.05) is 11.4 Å². The van der Waals surface area contributed by atoms with E-state index in [2.05, 4.69) is 34.5 Å². The summed E-state index contributed by atoms with van der Waals surface area (Å²) in [4.78, 5) is 29.7. The number of nitrogens with zero attached hydrogens (tertiary/aromatic N) is 3. The number of benzene rings is 3. The Morgan fingerprint density at radius 3 is 1.90 bits per heavy atom. The fourth-order valence-corrected chi connectivity index (χ4v) is 6.61. The van der Waals surface area contributed by atoms with Crippen molar-refractivity contribution in [3.05, 3.63) is 100 Å². The number of carbonyl (C=O) groups excluding carboxylic acids is 2. The van der Waals surface area contributed by atoms with Crippen molar-refractivity contribution in [1.82, 2.24) is 0 Å². The van der Waals surface area contributed by atoms with E-state index in [1.807, 2.05) is 24.3 Å². The third-order valence-corrected chi connectivity index (χ3v) is 7.83. The van der Waals surface area contributed by atoms with Gasteiger partial charge in [0, 0.05) is 16.9 Å². The lowest BCUT2D eigenvalue weighted by molar-refractivity contribution is -0.129. The molecule has 5 aliphatic rings. The molecule has 31 heavy (non-hydrogen) atoms. The van der Waals surface area contributed by atoms with Crippen LogP contribution in [0, 0.1) is 5.41 Å². The molecule has 0 aromatic heterocycles. The van der Waals surface area contributed by atoms with Gasteiger partial charge in [-0.05, 0) is 46.5 Å². The molecule has 8 rings (SSSR count). The van der Waals surface area contributed by atoms with Crippen LogP contribution in [0.25, 0.3) is 0 Å². The fraction of sp³-hybridized carbons (Fsp3) is 0.200. The first-order chi connectivity index (χ1) is 15.1. The number of carbonyl (C=O) groups is 2. The Hall–Kier alpha value is -3.31. The molecular weight excluding hydrogens is 410 g/mol. The van der Waals surface area contributed by atoms with E-state index < -0.39 is 11.0 Å². The van der Waals surface area contributed by atoms with E-state index in [0.29, 0.717) is 10.7 Å². The zero-order valence-corrected chi connectivity index (χ0v) is 17.1. The van der Waals surface area contributed by atoms with Crippen molar-refractivity contribution in [1.29, 1.82) is 0 Å². The monoisotopic (exact) mass is 425 g/mol. The molecule has 0 radical (unpaired) electrons. The summed E-state index contributed by atoms with van der Waals surface area (Å²) in [6, 6.07) is 23.1. The highest BCUT2D eigenvalue weighted by Crippen LogP contribution is 2.72. The topological polar surface area (TPSA) is 62.1 Å². The van der Waals surface area contributed by atoms with Crippen molar-refractivity contribution in [2.24, 2.45) is 15.6 Å². The van der Waals surface area contributed by atoms with E-state index in [4.69, 9.17) is 11.6 Å². The van der Waals surface area contributed by atoms with Crippen LogP contribution in [0.4, 0.5) is 5.69 Å². The largest absolute Gasteiger partial charge is 0.273 e. The minimum Gasteiger partial charge on any atom is -0.273 e. The number of imide groups is 1. The highest BCUT2D eigenvalue weighted by Gasteiger charge is 2.82. The summed E-state index contributed by atoms with van der Waals surface area (Å²) >= 11 is 6.06. The van der Waals surface area contributed by atoms with Gasteiger partial charge < -0.3 is 0 Å². The Kier molecular flexibility index (Phi) is 3.07. The van der Waals surface area contributed by atoms with Crippen LogP contribution in [0.1, 0.15) is 34.1 Å². The SMILES string of the molecule is O=C1N(c2ccc(Cl)cc2)C(=O)C23N=NCC12C1c2ccccc2C3c2ccccc21.